The summed E-state index contributed by atoms with van der Waals surface area (Å²) in [5.74, 6) is 0. The fraction of sp³-hybridized carbons (Fsp3) is 0.0476. The number of fused-ring (bicyclic) bond motifs is 4. The van der Waals surface area contributed by atoms with Gasteiger partial charge in [-0.05, 0) is 36.4 Å². The number of hydrogen-bond donors (Lipinski definition) is 1. The number of nitrogens with one attached hydrogen (secondary N) is 1. The lowest BCUT2D eigenvalue weighted by Gasteiger charge is -2.11. The number of benzene rings is 3. The molecule has 0 aliphatic rings. The molecule has 0 saturated carbocycles. The van der Waals surface area contributed by atoms with Gasteiger partial charge in [0.2, 0.25) is 0 Å². The zero-order valence-corrected chi connectivity index (χ0v) is 13.5. The fourth-order valence-corrected chi connectivity index (χ4v) is 3.65. The van der Waals surface area contributed by atoms with Crippen LogP contribution < -0.4 is 10.9 Å². The van der Waals surface area contributed by atoms with Crippen molar-refractivity contribution in [3.8, 4) is 0 Å². The highest BCUT2D eigenvalue weighted by atomic mass is 16.1. The number of H-pyrrole nitrogens is 1. The number of nitrogens with zero attached hydrogens (tertiary/aromatic N) is 1. The summed E-state index contributed by atoms with van der Waals surface area (Å²) in [5.41, 5.74) is 3.04. The first-order chi connectivity index (χ1) is 12.1. The van der Waals surface area contributed by atoms with E-state index in [9.17, 15) is 9.59 Å². The van der Waals surface area contributed by atoms with Crippen molar-refractivity contribution < 1.29 is 0 Å². The van der Waals surface area contributed by atoms with Gasteiger partial charge in [0.25, 0.3) is 0 Å². The van der Waals surface area contributed by atoms with Gasteiger partial charge in [-0.3, -0.25) is 9.59 Å². The minimum atomic E-state index is -0.0214. The van der Waals surface area contributed by atoms with Gasteiger partial charge in [-0.1, -0.05) is 24.3 Å². The second-order valence-corrected chi connectivity index (χ2v) is 6.32. The molecular weight excluding hydrogens is 312 g/mol. The van der Waals surface area contributed by atoms with E-state index in [4.69, 9.17) is 0 Å². The van der Waals surface area contributed by atoms with Crippen LogP contribution in [0.25, 0.3) is 43.6 Å². The first-order valence-electron chi connectivity index (χ1n) is 8.11. The largest absolute Gasteiger partial charge is 0.354 e. The Labute approximate surface area is 141 Å². The van der Waals surface area contributed by atoms with E-state index >= 15 is 0 Å². The van der Waals surface area contributed by atoms with Crippen LogP contribution in [-0.2, 0) is 7.05 Å². The zero-order chi connectivity index (χ0) is 17.1. The number of hydrogen-bond acceptors (Lipinski definition) is 2. The summed E-state index contributed by atoms with van der Waals surface area (Å²) in [5, 5.41) is 2.54. The molecule has 0 atom stereocenters. The van der Waals surface area contributed by atoms with E-state index in [2.05, 4.69) is 4.98 Å². The van der Waals surface area contributed by atoms with Crippen LogP contribution in [0.1, 0.15) is 0 Å². The Morgan fingerprint density at radius 1 is 0.680 bits per heavy atom. The van der Waals surface area contributed by atoms with Gasteiger partial charge in [0.05, 0.1) is 16.6 Å². The van der Waals surface area contributed by atoms with E-state index in [-0.39, 0.29) is 10.9 Å². The average molecular weight is 326 g/mol. The molecule has 5 aromatic rings. The van der Waals surface area contributed by atoms with E-state index in [0.29, 0.717) is 27.1 Å². The Morgan fingerprint density at radius 2 is 1.36 bits per heavy atom. The highest BCUT2D eigenvalue weighted by molar-refractivity contribution is 6.03. The molecular formula is C21H14N2O2. The topological polar surface area (TPSA) is 54.9 Å². The van der Waals surface area contributed by atoms with Crippen molar-refractivity contribution >= 4 is 43.6 Å². The second-order valence-electron chi connectivity index (χ2n) is 6.32. The monoisotopic (exact) mass is 326 g/mol. The summed E-state index contributed by atoms with van der Waals surface area (Å²) in [7, 11) is 1.92. The van der Waals surface area contributed by atoms with Gasteiger partial charge in [-0.15, -0.1) is 0 Å². The number of rotatable bonds is 0. The molecule has 5 rings (SSSR count). The van der Waals surface area contributed by atoms with Crippen molar-refractivity contribution in [2.45, 2.75) is 0 Å². The molecule has 0 amide bonds. The lowest BCUT2D eigenvalue weighted by atomic mass is 10.0. The van der Waals surface area contributed by atoms with Gasteiger partial charge in [-0.2, -0.15) is 0 Å². The maximum atomic E-state index is 12.9. The van der Waals surface area contributed by atoms with Crippen LogP contribution in [0, 0.1) is 0 Å². The summed E-state index contributed by atoms with van der Waals surface area (Å²) in [6, 6.07) is 18.6. The van der Waals surface area contributed by atoms with Crippen LogP contribution in [0.3, 0.4) is 0 Å². The Hall–Kier alpha value is -3.40. The molecule has 0 aliphatic heterocycles. The smallest absolute Gasteiger partial charge is 0.197 e. The summed E-state index contributed by atoms with van der Waals surface area (Å²) in [4.78, 5) is 29.1. The first kappa shape index (κ1) is 14.0. The maximum absolute atomic E-state index is 12.9. The standard InChI is InChI=1S/C21H14N2O2/c1-23-18-9-5-3-7-13(18)21(25)15-10-17-14(11-19(15)23)20(24)12-6-2-4-8-16(12)22-17/h2-11H,1H3,(H,22,24). The van der Waals surface area contributed by atoms with Crippen LogP contribution in [0.4, 0.5) is 0 Å². The number of pyridine rings is 2. The number of aromatic nitrogens is 2. The predicted octanol–water partition coefficient (Wildman–Crippen LogP) is 3.69. The van der Waals surface area contributed by atoms with E-state index in [1.807, 2.05) is 66.2 Å². The highest BCUT2D eigenvalue weighted by Gasteiger charge is 2.12. The summed E-state index contributed by atoms with van der Waals surface area (Å²) >= 11 is 0. The van der Waals surface area contributed by atoms with Gasteiger partial charge in [0.15, 0.2) is 10.9 Å². The fourth-order valence-electron chi connectivity index (χ4n) is 3.65. The van der Waals surface area contributed by atoms with Crippen LogP contribution in [0.2, 0.25) is 0 Å². The number of para-hydroxylation sites is 2. The van der Waals surface area contributed by atoms with E-state index in [0.717, 1.165) is 16.6 Å². The van der Waals surface area contributed by atoms with Crippen molar-refractivity contribution in [3.05, 3.63) is 81.1 Å². The van der Waals surface area contributed by atoms with Gasteiger partial charge >= 0.3 is 0 Å². The molecule has 0 unspecified atom stereocenters. The van der Waals surface area contributed by atoms with Crippen LogP contribution in [-0.4, -0.2) is 9.55 Å². The molecule has 0 bridgehead atoms. The van der Waals surface area contributed by atoms with Crippen LogP contribution in [0.15, 0.2) is 70.3 Å². The molecule has 1 N–H and O–H groups in total. The molecule has 25 heavy (non-hydrogen) atoms. The third kappa shape index (κ3) is 1.82. The first-order valence-corrected chi connectivity index (χ1v) is 8.11. The van der Waals surface area contributed by atoms with E-state index in [1.54, 1.807) is 6.07 Å². The summed E-state index contributed by atoms with van der Waals surface area (Å²) in [6.07, 6.45) is 0. The number of aromatic amines is 1. The van der Waals surface area contributed by atoms with Crippen molar-refractivity contribution in [3.63, 3.8) is 0 Å². The Kier molecular flexibility index (Phi) is 2.69. The van der Waals surface area contributed by atoms with Crippen molar-refractivity contribution in [1.29, 1.82) is 0 Å². The SMILES string of the molecule is Cn1c2ccccc2c(=O)c2cc3[nH]c4ccccc4c(=O)c3cc21. The average Bonchev–Trinajstić information content (AvgIpc) is 2.65. The van der Waals surface area contributed by atoms with Crippen LogP contribution in [0.5, 0.6) is 0 Å². The van der Waals surface area contributed by atoms with E-state index in [1.165, 1.54) is 0 Å². The van der Waals surface area contributed by atoms with Gasteiger partial charge in [0.1, 0.15) is 0 Å². The molecule has 0 fully saturated rings. The maximum Gasteiger partial charge on any atom is 0.197 e. The van der Waals surface area contributed by atoms with Crippen molar-refractivity contribution in [1.82, 2.24) is 9.55 Å². The third-order valence-corrected chi connectivity index (χ3v) is 4.94. The van der Waals surface area contributed by atoms with Crippen molar-refractivity contribution in [2.24, 2.45) is 7.05 Å². The van der Waals surface area contributed by atoms with Gasteiger partial charge < -0.3 is 9.55 Å². The van der Waals surface area contributed by atoms with Gasteiger partial charge in [0, 0.05) is 34.1 Å². The lowest BCUT2D eigenvalue weighted by molar-refractivity contribution is 1.00. The molecule has 2 aromatic heterocycles. The molecule has 2 heterocycles. The van der Waals surface area contributed by atoms with Crippen LogP contribution >= 0.6 is 0 Å². The van der Waals surface area contributed by atoms with Crippen molar-refractivity contribution in [2.75, 3.05) is 0 Å². The summed E-state index contributed by atoms with van der Waals surface area (Å²) in [6.45, 7) is 0. The minimum Gasteiger partial charge on any atom is -0.354 e. The second kappa shape index (κ2) is 4.80. The zero-order valence-electron chi connectivity index (χ0n) is 13.5. The molecule has 3 aromatic carbocycles. The molecule has 4 nitrogen and oxygen atoms in total. The Balaban J connectivity index is 2.09. The Bertz CT molecular complexity index is 1440. The number of aryl methyl sites for hydroxylation is 1. The molecule has 120 valence electrons. The molecule has 0 aliphatic carbocycles. The normalized spacial score (nSPS) is 11.7. The molecule has 4 heteroatoms. The van der Waals surface area contributed by atoms with Gasteiger partial charge in [-0.25, -0.2) is 0 Å². The lowest BCUT2D eigenvalue weighted by Crippen LogP contribution is -2.11. The molecule has 0 spiro atoms. The third-order valence-electron chi connectivity index (χ3n) is 4.94. The summed E-state index contributed by atoms with van der Waals surface area (Å²) < 4.78 is 1.97. The van der Waals surface area contributed by atoms with E-state index < -0.39 is 0 Å². The predicted molar refractivity (Wildman–Crippen MR) is 102 cm³/mol. The quantitative estimate of drug-likeness (QED) is 0.441. The molecule has 0 radical (unpaired) electrons. The Morgan fingerprint density at radius 3 is 2.20 bits per heavy atom. The highest BCUT2D eigenvalue weighted by Crippen LogP contribution is 2.23. The minimum absolute atomic E-state index is 0.0143. The molecule has 0 saturated heterocycles.